The van der Waals surface area contributed by atoms with Crippen LogP contribution in [0.15, 0.2) is 43.9 Å². The molecule has 0 saturated carbocycles. The lowest BCUT2D eigenvalue weighted by atomic mass is 10.3. The molecule has 0 aliphatic carbocycles. The molecule has 0 radical (unpaired) electrons. The van der Waals surface area contributed by atoms with Gasteiger partial charge in [-0.3, -0.25) is 10.1 Å². The first-order valence-corrected chi connectivity index (χ1v) is 7.79. The number of hydrogen-bond donors (Lipinski definition) is 1. The Bertz CT molecular complexity index is 613. The van der Waals surface area contributed by atoms with Crippen LogP contribution >= 0.6 is 39.0 Å². The van der Waals surface area contributed by atoms with Gasteiger partial charge in [-0.1, -0.05) is 33.8 Å². The van der Waals surface area contributed by atoms with E-state index in [0.29, 0.717) is 9.09 Å². The summed E-state index contributed by atoms with van der Waals surface area (Å²) in [5.74, 6) is 0. The highest BCUT2D eigenvalue weighted by Gasteiger charge is 2.21. The molecule has 100 valence electrons. The molecule has 7 heteroatoms. The van der Waals surface area contributed by atoms with Crippen LogP contribution in [0, 0.1) is 10.1 Å². The first-order valence-electron chi connectivity index (χ1n) is 5.37. The van der Waals surface area contributed by atoms with Crippen molar-refractivity contribution in [2.24, 2.45) is 0 Å². The van der Waals surface area contributed by atoms with Gasteiger partial charge in [-0.15, -0.1) is 11.3 Å². The van der Waals surface area contributed by atoms with Crippen molar-refractivity contribution in [2.45, 2.75) is 22.1 Å². The number of thiophene rings is 1. The molecular formula is C12H10BrNO3S2. The molecule has 4 nitrogen and oxygen atoms in total. The topological polar surface area (TPSA) is 63.4 Å². The summed E-state index contributed by atoms with van der Waals surface area (Å²) in [6.07, 6.45) is -0.694. The molecule has 1 aromatic carbocycles. The quantitative estimate of drug-likeness (QED) is 0.638. The van der Waals surface area contributed by atoms with Crippen molar-refractivity contribution < 1.29 is 10.0 Å². The van der Waals surface area contributed by atoms with Gasteiger partial charge in [0.25, 0.3) is 5.69 Å². The fourth-order valence-electron chi connectivity index (χ4n) is 1.43. The van der Waals surface area contributed by atoms with E-state index >= 15 is 0 Å². The lowest BCUT2D eigenvalue weighted by molar-refractivity contribution is -0.387. The van der Waals surface area contributed by atoms with Gasteiger partial charge in [0.05, 0.1) is 11.0 Å². The molecule has 1 atom stereocenters. The van der Waals surface area contributed by atoms with Gasteiger partial charge >= 0.3 is 0 Å². The number of aliphatic hydroxyl groups excluding tert-OH is 1. The van der Waals surface area contributed by atoms with Gasteiger partial charge in [0.1, 0.15) is 4.21 Å². The third-order valence-corrected chi connectivity index (χ3v) is 5.28. The van der Waals surface area contributed by atoms with E-state index in [-0.39, 0.29) is 5.69 Å². The number of rotatable bonds is 4. The smallest absolute Gasteiger partial charge is 0.294 e. The van der Waals surface area contributed by atoms with Crippen molar-refractivity contribution >= 4 is 44.7 Å². The molecule has 0 spiro atoms. The van der Waals surface area contributed by atoms with Gasteiger partial charge in [0.15, 0.2) is 0 Å². The second-order valence-corrected chi connectivity index (χ2v) is 7.16. The number of aliphatic hydroxyl groups is 1. The maximum Gasteiger partial charge on any atom is 0.294 e. The van der Waals surface area contributed by atoms with Crippen LogP contribution in [0.2, 0.25) is 0 Å². The summed E-state index contributed by atoms with van der Waals surface area (Å²) < 4.78 is 1.51. The molecule has 0 aliphatic rings. The molecule has 1 N–H and O–H groups in total. The Labute approximate surface area is 126 Å². The predicted molar refractivity (Wildman–Crippen MR) is 79.9 cm³/mol. The van der Waals surface area contributed by atoms with Crippen LogP contribution in [0.1, 0.15) is 17.9 Å². The fourth-order valence-corrected chi connectivity index (χ4v) is 4.30. The highest BCUT2D eigenvalue weighted by atomic mass is 79.9. The molecule has 0 fully saturated rings. The summed E-state index contributed by atoms with van der Waals surface area (Å²) in [6.45, 7) is 1.60. The van der Waals surface area contributed by atoms with Gasteiger partial charge < -0.3 is 5.11 Å². The van der Waals surface area contributed by atoms with E-state index < -0.39 is 11.0 Å². The zero-order valence-corrected chi connectivity index (χ0v) is 13.1. The maximum absolute atomic E-state index is 11.0. The Morgan fingerprint density at radius 3 is 2.79 bits per heavy atom. The zero-order valence-electron chi connectivity index (χ0n) is 9.87. The van der Waals surface area contributed by atoms with Crippen LogP contribution in [0.3, 0.4) is 0 Å². The van der Waals surface area contributed by atoms with Gasteiger partial charge in [-0.05, 0) is 25.1 Å². The molecule has 1 heterocycles. The van der Waals surface area contributed by atoms with Crippen molar-refractivity contribution in [3.8, 4) is 0 Å². The van der Waals surface area contributed by atoms with Crippen molar-refractivity contribution in [1.29, 1.82) is 0 Å². The van der Waals surface area contributed by atoms with E-state index in [1.165, 1.54) is 29.2 Å². The predicted octanol–water partition coefficient (Wildman–Crippen LogP) is 4.62. The Balaban J connectivity index is 2.36. The number of nitrogens with zero attached hydrogens (tertiary/aromatic N) is 1. The van der Waals surface area contributed by atoms with Crippen LogP contribution in [0.4, 0.5) is 5.69 Å². The van der Waals surface area contributed by atoms with Gasteiger partial charge in [-0.25, -0.2) is 0 Å². The van der Waals surface area contributed by atoms with E-state index in [9.17, 15) is 15.2 Å². The maximum atomic E-state index is 11.0. The minimum Gasteiger partial charge on any atom is -0.388 e. The first kappa shape index (κ1) is 14.5. The number of hydrogen-bond acceptors (Lipinski definition) is 5. The molecule has 0 aliphatic heterocycles. The number of nitro groups is 1. The fraction of sp³-hybridized carbons (Fsp3) is 0.167. The number of benzene rings is 1. The van der Waals surface area contributed by atoms with Crippen molar-refractivity contribution in [1.82, 2.24) is 0 Å². The highest BCUT2D eigenvalue weighted by molar-refractivity contribution is 9.10. The van der Waals surface area contributed by atoms with Gasteiger partial charge in [0.2, 0.25) is 0 Å². The molecule has 0 bridgehead atoms. The normalized spacial score (nSPS) is 12.4. The summed E-state index contributed by atoms with van der Waals surface area (Å²) in [7, 11) is 0. The van der Waals surface area contributed by atoms with Gasteiger partial charge in [0, 0.05) is 20.3 Å². The summed E-state index contributed by atoms with van der Waals surface area (Å²) in [4.78, 5) is 12.1. The lowest BCUT2D eigenvalue weighted by Crippen LogP contribution is -1.87. The third-order valence-electron chi connectivity index (χ3n) is 2.31. The average Bonchev–Trinajstić information content (AvgIpc) is 2.73. The minimum atomic E-state index is -0.694. The summed E-state index contributed by atoms with van der Waals surface area (Å²) in [6, 6.07) is 9.00. The monoisotopic (exact) mass is 359 g/mol. The molecule has 2 rings (SSSR count). The van der Waals surface area contributed by atoms with Crippen molar-refractivity contribution in [3.05, 3.63) is 49.8 Å². The molecular weight excluding hydrogens is 350 g/mol. The Morgan fingerprint density at radius 2 is 2.21 bits per heavy atom. The van der Waals surface area contributed by atoms with Crippen LogP contribution in [0.5, 0.6) is 0 Å². The standard InChI is InChI=1S/C12H10BrNO3S2/c1-7(15)11-6-10(14(16)17)12(19-11)18-9-4-2-3-8(13)5-9/h2-7,15H,1H3/t7-/m1/s1. The molecule has 0 saturated heterocycles. The second-order valence-electron chi connectivity index (χ2n) is 3.81. The molecule has 19 heavy (non-hydrogen) atoms. The second kappa shape index (κ2) is 6.04. The molecule has 1 aromatic heterocycles. The summed E-state index contributed by atoms with van der Waals surface area (Å²) in [5.41, 5.74) is 0.0471. The van der Waals surface area contributed by atoms with Crippen LogP contribution in [-0.4, -0.2) is 10.0 Å². The van der Waals surface area contributed by atoms with E-state index in [4.69, 9.17) is 0 Å². The van der Waals surface area contributed by atoms with E-state index in [0.717, 1.165) is 9.37 Å². The molecule has 2 aromatic rings. The Kier molecular flexibility index (Phi) is 4.62. The minimum absolute atomic E-state index is 0.0471. The Morgan fingerprint density at radius 1 is 1.47 bits per heavy atom. The number of halogens is 1. The Hall–Kier alpha value is -0.890. The van der Waals surface area contributed by atoms with Crippen molar-refractivity contribution in [3.63, 3.8) is 0 Å². The molecule has 0 amide bonds. The lowest BCUT2D eigenvalue weighted by Gasteiger charge is -1.99. The highest BCUT2D eigenvalue weighted by Crippen LogP contribution is 2.43. The van der Waals surface area contributed by atoms with Crippen molar-refractivity contribution in [2.75, 3.05) is 0 Å². The van der Waals surface area contributed by atoms with Gasteiger partial charge in [-0.2, -0.15) is 0 Å². The van der Waals surface area contributed by atoms with E-state index in [2.05, 4.69) is 15.9 Å². The molecule has 0 unspecified atom stereocenters. The zero-order chi connectivity index (χ0) is 14.0. The van der Waals surface area contributed by atoms with Crippen LogP contribution in [-0.2, 0) is 0 Å². The first-order chi connectivity index (χ1) is 8.97. The van der Waals surface area contributed by atoms with E-state index in [1.807, 2.05) is 24.3 Å². The average molecular weight is 360 g/mol. The largest absolute Gasteiger partial charge is 0.388 e. The third kappa shape index (κ3) is 3.56. The summed E-state index contributed by atoms with van der Waals surface area (Å²) in [5, 5.41) is 20.5. The summed E-state index contributed by atoms with van der Waals surface area (Å²) >= 11 is 5.95. The van der Waals surface area contributed by atoms with Crippen LogP contribution in [0.25, 0.3) is 0 Å². The SMILES string of the molecule is C[C@@H](O)c1cc([N+](=O)[O-])c(Sc2cccc(Br)c2)s1. The van der Waals surface area contributed by atoms with E-state index in [1.54, 1.807) is 6.92 Å². The van der Waals surface area contributed by atoms with Crippen LogP contribution < -0.4 is 0 Å².